The minimum atomic E-state index is 0.424. The molecular weight excluding hydrogens is 182 g/mol. The Balaban J connectivity index is 2.43. The Bertz CT molecular complexity index is 223. The van der Waals surface area contributed by atoms with E-state index in [0.717, 1.165) is 13.1 Å². The zero-order valence-electron chi connectivity index (χ0n) is 8.45. The van der Waals surface area contributed by atoms with Crippen LogP contribution in [0.15, 0.2) is 11.6 Å². The van der Waals surface area contributed by atoms with Crippen molar-refractivity contribution in [3.8, 4) is 0 Å². The first-order valence-corrected chi connectivity index (χ1v) is 5.38. The van der Waals surface area contributed by atoms with Crippen molar-refractivity contribution in [1.29, 1.82) is 0 Å². The lowest BCUT2D eigenvalue weighted by Gasteiger charge is -2.22. The highest BCUT2D eigenvalue weighted by Crippen LogP contribution is 2.19. The highest BCUT2D eigenvalue weighted by Gasteiger charge is 2.12. The summed E-state index contributed by atoms with van der Waals surface area (Å²) in [5.41, 5.74) is 0. The van der Waals surface area contributed by atoms with E-state index in [-0.39, 0.29) is 0 Å². The van der Waals surface area contributed by atoms with Crippen LogP contribution in [0.3, 0.4) is 0 Å². The maximum Gasteiger partial charge on any atom is 0.109 e. The lowest BCUT2D eigenvalue weighted by Crippen LogP contribution is -2.29. The summed E-state index contributed by atoms with van der Waals surface area (Å²) in [4.78, 5) is 6.60. The largest absolute Gasteiger partial charge is 0.318 e. The van der Waals surface area contributed by atoms with Crippen LogP contribution in [0.5, 0.6) is 0 Å². The molecule has 0 aliphatic heterocycles. The smallest absolute Gasteiger partial charge is 0.109 e. The van der Waals surface area contributed by atoms with Crippen LogP contribution >= 0.6 is 11.3 Å². The number of nitrogens with zero attached hydrogens (tertiary/aromatic N) is 2. The molecule has 74 valence electrons. The van der Waals surface area contributed by atoms with Gasteiger partial charge in [0, 0.05) is 24.7 Å². The molecule has 0 amide bonds. The minimum Gasteiger partial charge on any atom is -0.318 e. The van der Waals surface area contributed by atoms with Crippen molar-refractivity contribution >= 4 is 11.3 Å². The van der Waals surface area contributed by atoms with Crippen molar-refractivity contribution in [2.45, 2.75) is 13.0 Å². The van der Waals surface area contributed by atoms with Crippen LogP contribution in [-0.4, -0.2) is 37.1 Å². The monoisotopic (exact) mass is 199 g/mol. The van der Waals surface area contributed by atoms with Crippen molar-refractivity contribution < 1.29 is 0 Å². The van der Waals surface area contributed by atoms with Gasteiger partial charge in [0.05, 0.1) is 6.04 Å². The molecule has 13 heavy (non-hydrogen) atoms. The third-order valence-corrected chi connectivity index (χ3v) is 3.13. The molecule has 0 aliphatic rings. The second-order valence-corrected chi connectivity index (χ2v) is 4.06. The van der Waals surface area contributed by atoms with Gasteiger partial charge < -0.3 is 5.32 Å². The predicted molar refractivity (Wildman–Crippen MR) is 57.1 cm³/mol. The van der Waals surface area contributed by atoms with E-state index in [4.69, 9.17) is 0 Å². The number of thiazole rings is 1. The SMILES string of the molecule is CNCCN(C)C(C)c1nccs1. The standard InChI is InChI=1S/C9H17N3S/c1-8(9-11-5-7-13-9)12(3)6-4-10-2/h5,7-8,10H,4,6H2,1-3H3. The quantitative estimate of drug-likeness (QED) is 0.776. The second kappa shape index (κ2) is 5.32. The molecule has 1 heterocycles. The van der Waals surface area contributed by atoms with Crippen molar-refractivity contribution in [2.75, 3.05) is 27.2 Å². The van der Waals surface area contributed by atoms with Gasteiger partial charge in [-0.15, -0.1) is 11.3 Å². The van der Waals surface area contributed by atoms with Gasteiger partial charge in [-0.1, -0.05) is 0 Å². The lowest BCUT2D eigenvalue weighted by molar-refractivity contribution is 0.263. The van der Waals surface area contributed by atoms with Gasteiger partial charge in [-0.25, -0.2) is 4.98 Å². The van der Waals surface area contributed by atoms with Gasteiger partial charge in [0.2, 0.25) is 0 Å². The zero-order chi connectivity index (χ0) is 9.68. The summed E-state index contributed by atoms with van der Waals surface area (Å²) in [5.74, 6) is 0. The molecule has 0 saturated carbocycles. The molecule has 0 aliphatic carbocycles. The summed E-state index contributed by atoms with van der Waals surface area (Å²) < 4.78 is 0. The van der Waals surface area contributed by atoms with E-state index in [1.54, 1.807) is 11.3 Å². The average molecular weight is 199 g/mol. The normalized spacial score (nSPS) is 13.5. The van der Waals surface area contributed by atoms with Crippen LogP contribution < -0.4 is 5.32 Å². The molecule has 4 heteroatoms. The minimum absolute atomic E-state index is 0.424. The highest BCUT2D eigenvalue weighted by atomic mass is 32.1. The molecule has 0 aromatic carbocycles. The Morgan fingerprint density at radius 1 is 1.69 bits per heavy atom. The van der Waals surface area contributed by atoms with Crippen molar-refractivity contribution in [3.05, 3.63) is 16.6 Å². The molecule has 1 rings (SSSR count). The molecule has 0 radical (unpaired) electrons. The number of hydrogen-bond donors (Lipinski definition) is 1. The molecule has 0 fully saturated rings. The van der Waals surface area contributed by atoms with Crippen LogP contribution in [0, 0.1) is 0 Å². The Morgan fingerprint density at radius 2 is 2.46 bits per heavy atom. The van der Waals surface area contributed by atoms with Crippen LogP contribution in [-0.2, 0) is 0 Å². The fraction of sp³-hybridized carbons (Fsp3) is 0.667. The third kappa shape index (κ3) is 3.06. The zero-order valence-corrected chi connectivity index (χ0v) is 9.27. The van der Waals surface area contributed by atoms with E-state index < -0.39 is 0 Å². The van der Waals surface area contributed by atoms with Crippen molar-refractivity contribution in [2.24, 2.45) is 0 Å². The number of aromatic nitrogens is 1. The summed E-state index contributed by atoms with van der Waals surface area (Å²) in [5, 5.41) is 6.36. The first-order valence-electron chi connectivity index (χ1n) is 4.50. The van der Waals surface area contributed by atoms with Gasteiger partial charge >= 0.3 is 0 Å². The molecular formula is C9H17N3S. The molecule has 0 saturated heterocycles. The molecule has 1 aromatic heterocycles. The van der Waals surface area contributed by atoms with Crippen LogP contribution in [0.2, 0.25) is 0 Å². The summed E-state index contributed by atoms with van der Waals surface area (Å²) >= 11 is 1.72. The van der Waals surface area contributed by atoms with Gasteiger partial charge in [-0.3, -0.25) is 4.90 Å². The van der Waals surface area contributed by atoms with E-state index in [2.05, 4.69) is 29.2 Å². The average Bonchev–Trinajstić information content (AvgIpc) is 2.65. The first-order chi connectivity index (χ1) is 6.25. The Labute approximate surface area is 83.8 Å². The summed E-state index contributed by atoms with van der Waals surface area (Å²) in [6, 6.07) is 0.424. The maximum atomic E-state index is 4.30. The molecule has 3 nitrogen and oxygen atoms in total. The van der Waals surface area contributed by atoms with Crippen LogP contribution in [0.4, 0.5) is 0 Å². The summed E-state index contributed by atoms with van der Waals surface area (Å²) in [7, 11) is 4.10. The molecule has 1 aromatic rings. The van der Waals surface area contributed by atoms with Gasteiger partial charge in [0.15, 0.2) is 0 Å². The van der Waals surface area contributed by atoms with E-state index in [9.17, 15) is 0 Å². The Hall–Kier alpha value is -0.450. The van der Waals surface area contributed by atoms with Gasteiger partial charge in [-0.05, 0) is 21.0 Å². The molecule has 0 spiro atoms. The van der Waals surface area contributed by atoms with E-state index in [1.807, 2.05) is 18.6 Å². The molecule has 1 atom stereocenters. The fourth-order valence-electron chi connectivity index (χ4n) is 1.11. The van der Waals surface area contributed by atoms with Crippen molar-refractivity contribution in [3.63, 3.8) is 0 Å². The Morgan fingerprint density at radius 3 is 3.00 bits per heavy atom. The Kier molecular flexibility index (Phi) is 4.35. The van der Waals surface area contributed by atoms with Crippen molar-refractivity contribution in [1.82, 2.24) is 15.2 Å². The summed E-state index contributed by atoms with van der Waals surface area (Å²) in [6.45, 7) is 4.26. The van der Waals surface area contributed by atoms with E-state index >= 15 is 0 Å². The van der Waals surface area contributed by atoms with Crippen LogP contribution in [0.1, 0.15) is 18.0 Å². The first kappa shape index (κ1) is 10.6. The predicted octanol–water partition coefficient (Wildman–Crippen LogP) is 1.36. The summed E-state index contributed by atoms with van der Waals surface area (Å²) in [6.07, 6.45) is 1.86. The third-order valence-electron chi connectivity index (χ3n) is 2.18. The van der Waals surface area contributed by atoms with Gasteiger partial charge in [0.25, 0.3) is 0 Å². The van der Waals surface area contributed by atoms with E-state index in [1.165, 1.54) is 5.01 Å². The second-order valence-electron chi connectivity index (χ2n) is 3.13. The van der Waals surface area contributed by atoms with Gasteiger partial charge in [0.1, 0.15) is 5.01 Å². The topological polar surface area (TPSA) is 28.2 Å². The van der Waals surface area contributed by atoms with Gasteiger partial charge in [-0.2, -0.15) is 0 Å². The molecule has 1 N–H and O–H groups in total. The maximum absolute atomic E-state index is 4.30. The van der Waals surface area contributed by atoms with Crippen LogP contribution in [0.25, 0.3) is 0 Å². The molecule has 0 bridgehead atoms. The highest BCUT2D eigenvalue weighted by molar-refractivity contribution is 7.09. The number of nitrogens with one attached hydrogen (secondary N) is 1. The number of hydrogen-bond acceptors (Lipinski definition) is 4. The lowest BCUT2D eigenvalue weighted by atomic mass is 10.3. The number of likely N-dealkylation sites (N-methyl/N-ethyl adjacent to an activating group) is 2. The molecule has 1 unspecified atom stereocenters. The fourth-order valence-corrected chi connectivity index (χ4v) is 1.87. The van der Waals surface area contributed by atoms with E-state index in [0.29, 0.717) is 6.04 Å². The number of rotatable bonds is 5.